The monoisotopic (exact) mass is 1120 g/mol. The maximum absolute atomic E-state index is 14.2. The van der Waals surface area contributed by atoms with E-state index in [-0.39, 0.29) is 47.1 Å². The Hall–Kier alpha value is -5.34. The molecular weight excluding hydrogens is 1050 g/mol. The minimum absolute atomic E-state index is 0.0187. The van der Waals surface area contributed by atoms with Crippen LogP contribution in [0.25, 0.3) is 20.9 Å². The van der Waals surface area contributed by atoms with Gasteiger partial charge < -0.3 is 34.7 Å². The van der Waals surface area contributed by atoms with Gasteiger partial charge in [-0.1, -0.05) is 12.1 Å². The lowest BCUT2D eigenvalue weighted by molar-refractivity contribution is 0.0967. The van der Waals surface area contributed by atoms with Crippen LogP contribution >= 0.6 is 29.8 Å². The normalized spacial score (nSPS) is 20.2. The Labute approximate surface area is 454 Å². The lowest BCUT2D eigenvalue weighted by Crippen LogP contribution is -2.40. The molecule has 1 aliphatic heterocycles. The zero-order valence-electron chi connectivity index (χ0n) is 44.8. The summed E-state index contributed by atoms with van der Waals surface area (Å²) in [4.78, 5) is 49.1. The van der Waals surface area contributed by atoms with Crippen LogP contribution < -0.4 is 31.3 Å². The minimum atomic E-state index is -3.98. The molecule has 76 heavy (non-hydrogen) atoms. The zero-order valence-corrected chi connectivity index (χ0v) is 48.2. The van der Waals surface area contributed by atoms with E-state index in [1.54, 1.807) is 64.3 Å². The van der Waals surface area contributed by atoms with Crippen molar-refractivity contribution in [3.63, 3.8) is 0 Å². The van der Waals surface area contributed by atoms with Gasteiger partial charge in [-0.15, -0.1) is 22.7 Å². The van der Waals surface area contributed by atoms with Crippen LogP contribution in [0, 0.1) is 0 Å². The number of carbonyl (C=O) groups excluding carboxylic acids is 3. The molecule has 3 fully saturated rings. The number of aromatic amines is 1. The van der Waals surface area contributed by atoms with Gasteiger partial charge >= 0.3 is 18.3 Å². The average Bonchev–Trinajstić information content (AvgIpc) is 4.21. The third-order valence-corrected chi connectivity index (χ3v) is 21.3. The molecule has 8 rings (SSSR count). The largest absolute Gasteiger partial charge is 0.447 e. The minimum Gasteiger partial charge on any atom is -0.447 e. The van der Waals surface area contributed by atoms with Crippen LogP contribution in [0.15, 0.2) is 59.8 Å². The molecule has 2 aliphatic carbocycles. The van der Waals surface area contributed by atoms with Crippen molar-refractivity contribution >= 4 is 80.6 Å². The topological polar surface area (TPSA) is 245 Å². The Morgan fingerprint density at radius 2 is 1.26 bits per heavy atom. The van der Waals surface area contributed by atoms with Gasteiger partial charge in [-0.25, -0.2) is 37.5 Å². The van der Waals surface area contributed by atoms with Crippen molar-refractivity contribution < 1.29 is 41.6 Å². The van der Waals surface area contributed by atoms with Crippen LogP contribution in [-0.2, 0) is 35.2 Å². The quantitative estimate of drug-likeness (QED) is 0.0354. The summed E-state index contributed by atoms with van der Waals surface area (Å²) < 4.78 is 61.4. The van der Waals surface area contributed by atoms with Crippen molar-refractivity contribution in [2.24, 2.45) is 0 Å². The molecule has 1 saturated heterocycles. The van der Waals surface area contributed by atoms with Gasteiger partial charge in [0.1, 0.15) is 13.2 Å². The molecule has 18 nitrogen and oxygen atoms in total. The Morgan fingerprint density at radius 3 is 1.84 bits per heavy atom. The lowest BCUT2D eigenvalue weighted by atomic mass is 9.86. The van der Waals surface area contributed by atoms with Crippen molar-refractivity contribution in [3.8, 4) is 20.9 Å². The Balaban J connectivity index is 0.816. The van der Waals surface area contributed by atoms with Crippen LogP contribution in [0.3, 0.4) is 0 Å². The second kappa shape index (κ2) is 24.5. The first-order valence-corrected chi connectivity index (χ1v) is 31.8. The van der Waals surface area contributed by atoms with Crippen LogP contribution in [0.1, 0.15) is 154 Å². The third-order valence-electron chi connectivity index (χ3n) is 13.8. The number of nitrogens with zero attached hydrogens (tertiary/aromatic N) is 3. The Kier molecular flexibility index (Phi) is 18.4. The highest BCUT2D eigenvalue weighted by atomic mass is 32.2. The van der Waals surface area contributed by atoms with E-state index in [1.807, 2.05) is 57.3 Å². The summed E-state index contributed by atoms with van der Waals surface area (Å²) in [6.45, 7) is 14.5. The number of ether oxygens (including phenoxy) is 3. The fourth-order valence-corrected chi connectivity index (χ4v) is 17.4. The summed E-state index contributed by atoms with van der Waals surface area (Å²) in [5.41, 5.74) is 2.65. The SMILES string of the molecule is CC(C)OC(=O)Nc1ccc(-c2cnc([C@H]3CC[C@H](NC(=O)OC(C)CCc4cc(Nc5ccc(-c6cnc(C7CCC(NC(=O)OC(C)C)CC7)s6)c(S(=O)(=O)NC(C)(C)C)c5)n[nH]4)CC3)s2)c(P2(=O)CCCC2)c1. The standard InChI is InChI=1S/C54H74N9O9PS3/c1-32(2)70-51(64)58-37-17-12-36(13-18-37)50-56-31-46(75-50)43-24-22-40(28-47(43)76(68,69)63-54(6,7)8)57-48-29-41(61-62-48)16-11-34(5)72-53(66)59-38-19-14-35(15-20-38)49-55-30-45(74-49)42-23-21-39(60-52(65)71-33(3)4)27-44(42)73(67)25-9-10-26-73/h21-24,27-38,63H,9-20,25-26H2,1-8H3,(H,58,64)(H,59,66)(H,60,65)(H2,57,61,62)/t34?,35-,36?,37?,38-. The number of anilines is 3. The van der Waals surface area contributed by atoms with Crippen molar-refractivity contribution in [2.45, 2.75) is 185 Å². The number of benzene rings is 2. The molecule has 2 saturated carbocycles. The van der Waals surface area contributed by atoms with E-state index in [4.69, 9.17) is 24.2 Å². The number of thiazole rings is 2. The van der Waals surface area contributed by atoms with Gasteiger partial charge in [-0.05, 0) is 157 Å². The number of aryl methyl sites for hydroxylation is 1. The van der Waals surface area contributed by atoms with Gasteiger partial charge in [0, 0.05) is 93.7 Å². The van der Waals surface area contributed by atoms with Crippen molar-refractivity contribution in [1.29, 1.82) is 0 Å². The Bertz CT molecular complexity index is 2980. The number of sulfonamides is 1. The molecule has 0 spiro atoms. The van der Waals surface area contributed by atoms with Crippen molar-refractivity contribution in [2.75, 3.05) is 23.0 Å². The molecule has 2 aromatic carbocycles. The van der Waals surface area contributed by atoms with Gasteiger partial charge in [0.15, 0.2) is 5.82 Å². The summed E-state index contributed by atoms with van der Waals surface area (Å²) in [6, 6.07) is 12.8. The van der Waals surface area contributed by atoms with Gasteiger partial charge in [-0.3, -0.25) is 10.4 Å². The number of carbonyl (C=O) groups is 3. The number of hydrogen-bond donors (Lipinski definition) is 6. The summed E-state index contributed by atoms with van der Waals surface area (Å²) >= 11 is 3.12. The summed E-state index contributed by atoms with van der Waals surface area (Å²) in [6.07, 6.45) is 12.3. The van der Waals surface area contributed by atoms with E-state index in [9.17, 15) is 27.4 Å². The molecular formula is C54H74N9O9PS3. The van der Waals surface area contributed by atoms with Gasteiger partial charge in [0.2, 0.25) is 10.0 Å². The van der Waals surface area contributed by atoms with Crippen molar-refractivity contribution in [3.05, 3.63) is 70.6 Å². The van der Waals surface area contributed by atoms with Crippen molar-refractivity contribution in [1.82, 2.24) is 35.5 Å². The zero-order chi connectivity index (χ0) is 54.4. The molecule has 22 heteroatoms. The number of rotatable bonds is 18. The second-order valence-corrected chi connectivity index (χ2v) is 29.0. The first kappa shape index (κ1) is 56.9. The van der Waals surface area contributed by atoms with Crippen LogP contribution in [0.5, 0.6) is 0 Å². The van der Waals surface area contributed by atoms with E-state index < -0.39 is 41.0 Å². The highest BCUT2D eigenvalue weighted by Gasteiger charge is 2.34. The predicted molar refractivity (Wildman–Crippen MR) is 301 cm³/mol. The smallest absolute Gasteiger partial charge is 0.411 e. The first-order chi connectivity index (χ1) is 36.1. The van der Waals surface area contributed by atoms with Gasteiger partial charge in [0.05, 0.1) is 36.9 Å². The van der Waals surface area contributed by atoms with Gasteiger partial charge in [0.25, 0.3) is 0 Å². The highest BCUT2D eigenvalue weighted by Crippen LogP contribution is 2.54. The molecule has 1 unspecified atom stereocenters. The first-order valence-electron chi connectivity index (χ1n) is 26.6. The Morgan fingerprint density at radius 1 is 0.724 bits per heavy atom. The second-order valence-electron chi connectivity index (χ2n) is 22.0. The lowest BCUT2D eigenvalue weighted by Gasteiger charge is -2.28. The number of aromatic nitrogens is 4. The number of nitrogens with one attached hydrogen (secondary N) is 6. The number of hydrogen-bond acceptors (Lipinski definition) is 15. The number of alkyl carbamates (subject to hydrolysis) is 2. The van der Waals surface area contributed by atoms with E-state index in [0.717, 1.165) is 101 Å². The maximum atomic E-state index is 14.2. The molecule has 1 atom stereocenters. The molecule has 412 valence electrons. The molecule has 3 aliphatic rings. The van der Waals surface area contributed by atoms with E-state index >= 15 is 0 Å². The molecule has 3 aromatic heterocycles. The van der Waals surface area contributed by atoms with E-state index in [1.165, 1.54) is 11.3 Å². The summed E-state index contributed by atoms with van der Waals surface area (Å²) in [5.74, 6) is 0.953. The fraction of sp³-hybridized carbons (Fsp3) is 0.556. The molecule has 0 bridgehead atoms. The molecule has 6 N–H and O–H groups in total. The third kappa shape index (κ3) is 15.2. The van der Waals surface area contributed by atoms with Crippen LogP contribution in [0.4, 0.5) is 31.6 Å². The van der Waals surface area contributed by atoms with Crippen LogP contribution in [-0.4, -0.2) is 95.1 Å². The molecule has 3 amide bonds. The van der Waals surface area contributed by atoms with E-state index in [2.05, 4.69) is 36.2 Å². The number of amides is 3. The highest BCUT2D eigenvalue weighted by molar-refractivity contribution is 7.89. The fourth-order valence-electron chi connectivity index (χ4n) is 10.2. The summed E-state index contributed by atoms with van der Waals surface area (Å²) in [5, 5.41) is 22.4. The summed E-state index contributed by atoms with van der Waals surface area (Å²) in [7, 11) is -6.61. The van der Waals surface area contributed by atoms with Gasteiger partial charge in [-0.2, -0.15) is 5.10 Å². The average molecular weight is 1120 g/mol. The molecule has 4 heterocycles. The van der Waals surface area contributed by atoms with E-state index in [0.29, 0.717) is 47.9 Å². The number of H-pyrrole nitrogens is 1. The molecule has 5 aromatic rings. The van der Waals surface area contributed by atoms with Crippen LogP contribution in [0.2, 0.25) is 0 Å². The maximum Gasteiger partial charge on any atom is 0.411 e. The molecule has 0 radical (unpaired) electrons. The predicted octanol–water partition coefficient (Wildman–Crippen LogP) is 12.2.